The van der Waals surface area contributed by atoms with Gasteiger partial charge in [-0.05, 0) is 0 Å². The monoisotopic (exact) mass is 212 g/mol. The molecule has 0 fully saturated rings. The maximum Gasteiger partial charge on any atom is 0.169 e. The Bertz CT molecular complexity index is 358. The minimum absolute atomic E-state index is 0.169. The zero-order chi connectivity index (χ0) is 10.6. The fourth-order valence-corrected chi connectivity index (χ4v) is 1.66. The Balaban J connectivity index is 2.73. The zero-order valence-electron chi connectivity index (χ0n) is 7.12. The van der Waals surface area contributed by atoms with Gasteiger partial charge in [0.1, 0.15) is 16.8 Å². The van der Waals surface area contributed by atoms with Crippen LogP contribution in [0.3, 0.4) is 0 Å². The van der Waals surface area contributed by atoms with Crippen molar-refractivity contribution < 1.29 is 15.0 Å². The van der Waals surface area contributed by atoms with Crippen molar-refractivity contribution >= 4 is 17.6 Å². The van der Waals surface area contributed by atoms with Gasteiger partial charge in [-0.25, -0.2) is 4.98 Å². The van der Waals surface area contributed by atoms with Crippen LogP contribution in [-0.4, -0.2) is 27.6 Å². The van der Waals surface area contributed by atoms with E-state index in [1.165, 1.54) is 5.38 Å². The standard InChI is InChI=1S/C8H8N2O3S/c9-2-1-6(12)7(13)8-10-5(3-11)4-14-8/h3-4,6-7,12-13H,1H2. The van der Waals surface area contributed by atoms with Gasteiger partial charge in [-0.2, -0.15) is 5.26 Å². The largest absolute Gasteiger partial charge is 0.389 e. The number of hydrogen-bond donors (Lipinski definition) is 2. The summed E-state index contributed by atoms with van der Waals surface area (Å²) in [6, 6.07) is 1.74. The number of hydrogen-bond acceptors (Lipinski definition) is 6. The minimum atomic E-state index is -1.20. The average molecular weight is 212 g/mol. The third-order valence-corrected chi connectivity index (χ3v) is 2.51. The molecule has 0 spiro atoms. The molecule has 0 aliphatic heterocycles. The maximum atomic E-state index is 10.3. The molecule has 6 heteroatoms. The van der Waals surface area contributed by atoms with E-state index in [2.05, 4.69) is 4.98 Å². The van der Waals surface area contributed by atoms with Gasteiger partial charge >= 0.3 is 0 Å². The molecule has 0 aliphatic carbocycles. The molecule has 0 saturated carbocycles. The van der Waals surface area contributed by atoms with Crippen molar-refractivity contribution in [1.29, 1.82) is 5.26 Å². The lowest BCUT2D eigenvalue weighted by Crippen LogP contribution is -2.17. The van der Waals surface area contributed by atoms with E-state index in [0.29, 0.717) is 6.29 Å². The van der Waals surface area contributed by atoms with E-state index in [9.17, 15) is 15.0 Å². The first-order valence-corrected chi connectivity index (χ1v) is 4.70. The van der Waals surface area contributed by atoms with Crippen molar-refractivity contribution in [2.24, 2.45) is 0 Å². The van der Waals surface area contributed by atoms with Crippen molar-refractivity contribution in [3.8, 4) is 6.07 Å². The van der Waals surface area contributed by atoms with Crippen LogP contribution in [-0.2, 0) is 0 Å². The Morgan fingerprint density at radius 3 is 2.93 bits per heavy atom. The summed E-state index contributed by atoms with van der Waals surface area (Å²) in [5.74, 6) is 0. The molecule has 2 atom stereocenters. The molecule has 0 radical (unpaired) electrons. The summed E-state index contributed by atoms with van der Waals surface area (Å²) >= 11 is 1.07. The Kier molecular flexibility index (Phi) is 3.71. The van der Waals surface area contributed by atoms with E-state index in [4.69, 9.17) is 5.26 Å². The van der Waals surface area contributed by atoms with E-state index in [-0.39, 0.29) is 17.1 Å². The second-order valence-corrected chi connectivity index (χ2v) is 3.49. The van der Waals surface area contributed by atoms with Crippen LogP contribution >= 0.6 is 11.3 Å². The summed E-state index contributed by atoms with van der Waals surface area (Å²) in [6.07, 6.45) is -1.97. The van der Waals surface area contributed by atoms with Crippen molar-refractivity contribution in [2.75, 3.05) is 0 Å². The minimum Gasteiger partial charge on any atom is -0.389 e. The van der Waals surface area contributed by atoms with E-state index in [1.807, 2.05) is 0 Å². The van der Waals surface area contributed by atoms with Crippen LogP contribution < -0.4 is 0 Å². The molecule has 5 nitrogen and oxygen atoms in total. The number of nitrogens with zero attached hydrogens (tertiary/aromatic N) is 2. The van der Waals surface area contributed by atoms with E-state index in [1.54, 1.807) is 6.07 Å². The number of aliphatic hydroxyl groups excluding tert-OH is 2. The molecule has 1 heterocycles. The Labute approximate surface area is 84.3 Å². The predicted octanol–water partition coefficient (Wildman–Crippen LogP) is 0.264. The quantitative estimate of drug-likeness (QED) is 0.698. The highest BCUT2D eigenvalue weighted by Gasteiger charge is 2.21. The molecular weight excluding hydrogens is 204 g/mol. The van der Waals surface area contributed by atoms with Crippen LogP contribution in [0.5, 0.6) is 0 Å². The molecule has 0 amide bonds. The van der Waals surface area contributed by atoms with Gasteiger partial charge in [-0.1, -0.05) is 0 Å². The molecular formula is C8H8N2O3S. The second kappa shape index (κ2) is 4.81. The van der Waals surface area contributed by atoms with Crippen LogP contribution in [0.1, 0.15) is 28.0 Å². The average Bonchev–Trinajstić information content (AvgIpc) is 2.65. The molecule has 0 saturated heterocycles. The summed E-state index contributed by atoms with van der Waals surface area (Å²) in [4.78, 5) is 14.0. The van der Waals surface area contributed by atoms with E-state index < -0.39 is 12.2 Å². The molecule has 0 aromatic carbocycles. The van der Waals surface area contributed by atoms with Gasteiger partial charge in [0.25, 0.3) is 0 Å². The molecule has 0 aliphatic rings. The smallest absolute Gasteiger partial charge is 0.169 e. The molecule has 14 heavy (non-hydrogen) atoms. The molecule has 74 valence electrons. The topological polar surface area (TPSA) is 94.2 Å². The van der Waals surface area contributed by atoms with E-state index >= 15 is 0 Å². The molecule has 1 aromatic rings. The SMILES string of the molecule is N#CCC(O)C(O)c1nc(C=O)cs1. The van der Waals surface area contributed by atoms with Crippen molar-refractivity contribution in [3.05, 3.63) is 16.1 Å². The first-order valence-electron chi connectivity index (χ1n) is 3.82. The highest BCUT2D eigenvalue weighted by Crippen LogP contribution is 2.21. The number of rotatable bonds is 4. The van der Waals surface area contributed by atoms with Crippen molar-refractivity contribution in [3.63, 3.8) is 0 Å². The number of aromatic nitrogens is 1. The third kappa shape index (κ3) is 2.35. The maximum absolute atomic E-state index is 10.3. The molecule has 2 N–H and O–H groups in total. The summed E-state index contributed by atoms with van der Waals surface area (Å²) in [6.45, 7) is 0. The highest BCUT2D eigenvalue weighted by molar-refractivity contribution is 7.09. The Morgan fingerprint density at radius 1 is 1.71 bits per heavy atom. The van der Waals surface area contributed by atoms with Gasteiger partial charge in [-0.3, -0.25) is 4.79 Å². The number of aldehydes is 1. The van der Waals surface area contributed by atoms with Crippen LogP contribution in [0.25, 0.3) is 0 Å². The summed E-state index contributed by atoms with van der Waals surface area (Å²) in [5, 5.41) is 28.7. The lowest BCUT2D eigenvalue weighted by Gasteiger charge is -2.11. The first kappa shape index (κ1) is 10.8. The normalized spacial score (nSPS) is 14.4. The number of aliphatic hydroxyl groups is 2. The second-order valence-electron chi connectivity index (χ2n) is 2.60. The van der Waals surface area contributed by atoms with Gasteiger partial charge in [0.05, 0.1) is 18.6 Å². The summed E-state index contributed by atoms with van der Waals surface area (Å²) in [5.41, 5.74) is 0.216. The lowest BCUT2D eigenvalue weighted by atomic mass is 10.1. The van der Waals surface area contributed by atoms with Gasteiger partial charge in [-0.15, -0.1) is 11.3 Å². The first-order chi connectivity index (χ1) is 6.69. The van der Waals surface area contributed by atoms with Crippen molar-refractivity contribution in [1.82, 2.24) is 4.98 Å². The zero-order valence-corrected chi connectivity index (χ0v) is 7.94. The summed E-state index contributed by atoms with van der Waals surface area (Å²) < 4.78 is 0. The van der Waals surface area contributed by atoms with Crippen LogP contribution in [0.4, 0.5) is 0 Å². The molecule has 2 unspecified atom stereocenters. The number of thiazole rings is 1. The number of nitriles is 1. The predicted molar refractivity (Wildman–Crippen MR) is 48.7 cm³/mol. The van der Waals surface area contributed by atoms with Crippen LogP contribution in [0.15, 0.2) is 5.38 Å². The number of carbonyl (C=O) groups excluding carboxylic acids is 1. The lowest BCUT2D eigenvalue weighted by molar-refractivity contribution is 0.0214. The number of carbonyl (C=O) groups is 1. The molecule has 1 aromatic heterocycles. The van der Waals surface area contributed by atoms with Crippen molar-refractivity contribution in [2.45, 2.75) is 18.6 Å². The van der Waals surface area contributed by atoms with Gasteiger partial charge < -0.3 is 10.2 Å². The Hall–Kier alpha value is -1.29. The van der Waals surface area contributed by atoms with Gasteiger partial charge in [0, 0.05) is 5.38 Å². The fourth-order valence-electron chi connectivity index (χ4n) is 0.860. The summed E-state index contributed by atoms with van der Waals surface area (Å²) in [7, 11) is 0. The molecule has 0 bridgehead atoms. The molecule has 1 rings (SSSR count). The van der Waals surface area contributed by atoms with E-state index in [0.717, 1.165) is 11.3 Å². The Morgan fingerprint density at radius 2 is 2.43 bits per heavy atom. The van der Waals surface area contributed by atoms with Gasteiger partial charge in [0.15, 0.2) is 6.29 Å². The third-order valence-electron chi connectivity index (χ3n) is 1.58. The fraction of sp³-hybridized carbons (Fsp3) is 0.375. The van der Waals surface area contributed by atoms with Crippen LogP contribution in [0.2, 0.25) is 0 Å². The highest BCUT2D eigenvalue weighted by atomic mass is 32.1. The van der Waals surface area contributed by atoms with Gasteiger partial charge in [0.2, 0.25) is 0 Å². The van der Waals surface area contributed by atoms with Crippen LogP contribution in [0, 0.1) is 11.3 Å².